The fourth-order valence-electron chi connectivity index (χ4n) is 6.15. The number of carbonyl (C=O) groups excluding carboxylic acids is 2. The standard InChI is InChI=1S/C22H27N3O2S/c1-25(13-19-24-17-4-2-3-5-18(17)28-19)20(26)12-23-21(27)22-9-14-6-15(10-22)8-16(7-14)11-22/h2-5,14-16H,6-13H2,1H3,(H,23,27). The quantitative estimate of drug-likeness (QED) is 0.839. The molecule has 0 unspecified atom stereocenters. The van der Waals surface area contributed by atoms with Crippen LogP contribution >= 0.6 is 11.3 Å². The molecule has 0 aliphatic heterocycles. The summed E-state index contributed by atoms with van der Waals surface area (Å²) in [5.41, 5.74) is 0.777. The summed E-state index contributed by atoms with van der Waals surface area (Å²) in [6.07, 6.45) is 7.03. The van der Waals surface area contributed by atoms with Crippen molar-refractivity contribution in [2.75, 3.05) is 13.6 Å². The number of nitrogens with zero attached hydrogens (tertiary/aromatic N) is 2. The van der Waals surface area contributed by atoms with E-state index in [0.717, 1.165) is 52.2 Å². The Kier molecular flexibility index (Phi) is 4.42. The van der Waals surface area contributed by atoms with Gasteiger partial charge < -0.3 is 10.2 Å². The highest BCUT2D eigenvalue weighted by molar-refractivity contribution is 7.18. The first-order chi connectivity index (χ1) is 13.5. The van der Waals surface area contributed by atoms with Crippen molar-refractivity contribution in [2.45, 2.75) is 45.1 Å². The number of para-hydroxylation sites is 1. The van der Waals surface area contributed by atoms with Crippen LogP contribution in [0.15, 0.2) is 24.3 Å². The molecular weight excluding hydrogens is 370 g/mol. The number of fused-ring (bicyclic) bond motifs is 1. The number of hydrogen-bond acceptors (Lipinski definition) is 4. The monoisotopic (exact) mass is 397 g/mol. The Morgan fingerprint density at radius 3 is 2.43 bits per heavy atom. The second-order valence-electron chi connectivity index (χ2n) is 9.21. The van der Waals surface area contributed by atoms with E-state index in [9.17, 15) is 9.59 Å². The van der Waals surface area contributed by atoms with Gasteiger partial charge in [0.05, 0.1) is 23.3 Å². The first-order valence-corrected chi connectivity index (χ1v) is 11.2. The lowest BCUT2D eigenvalue weighted by atomic mass is 9.49. The third-order valence-electron chi connectivity index (χ3n) is 7.06. The zero-order valence-electron chi connectivity index (χ0n) is 16.3. The Morgan fingerprint density at radius 2 is 1.79 bits per heavy atom. The average Bonchev–Trinajstić information content (AvgIpc) is 3.06. The number of aromatic nitrogens is 1. The van der Waals surface area contributed by atoms with E-state index in [1.807, 2.05) is 24.3 Å². The Balaban J connectivity index is 1.18. The molecule has 5 nitrogen and oxygen atoms in total. The van der Waals surface area contributed by atoms with Gasteiger partial charge in [0.15, 0.2) is 0 Å². The molecule has 1 aromatic carbocycles. The van der Waals surface area contributed by atoms with Crippen LogP contribution in [0.3, 0.4) is 0 Å². The number of benzene rings is 1. The summed E-state index contributed by atoms with van der Waals surface area (Å²) in [4.78, 5) is 31.8. The molecular formula is C22H27N3O2S. The van der Waals surface area contributed by atoms with Gasteiger partial charge in [0.25, 0.3) is 0 Å². The van der Waals surface area contributed by atoms with Gasteiger partial charge in [-0.2, -0.15) is 0 Å². The van der Waals surface area contributed by atoms with Crippen LogP contribution in [0.5, 0.6) is 0 Å². The third kappa shape index (κ3) is 3.21. The first kappa shape index (κ1) is 18.1. The van der Waals surface area contributed by atoms with Crippen LogP contribution in [0.25, 0.3) is 10.2 Å². The lowest BCUT2D eigenvalue weighted by Crippen LogP contribution is -2.54. The molecule has 148 valence electrons. The Hall–Kier alpha value is -1.95. The van der Waals surface area contributed by atoms with E-state index in [2.05, 4.69) is 10.3 Å². The maximum absolute atomic E-state index is 13.0. The maximum atomic E-state index is 13.0. The van der Waals surface area contributed by atoms with Gasteiger partial charge >= 0.3 is 0 Å². The van der Waals surface area contributed by atoms with Crippen LogP contribution in [-0.2, 0) is 16.1 Å². The van der Waals surface area contributed by atoms with Gasteiger partial charge in [0.2, 0.25) is 11.8 Å². The van der Waals surface area contributed by atoms with E-state index in [0.29, 0.717) is 6.54 Å². The molecule has 2 amide bonds. The highest BCUT2D eigenvalue weighted by atomic mass is 32.1. The fraction of sp³-hybridized carbons (Fsp3) is 0.591. The largest absolute Gasteiger partial charge is 0.347 e. The molecule has 6 heteroatoms. The number of thiazole rings is 1. The van der Waals surface area contributed by atoms with Crippen LogP contribution in [0.1, 0.15) is 43.5 Å². The van der Waals surface area contributed by atoms with Crippen LogP contribution in [-0.4, -0.2) is 35.3 Å². The van der Waals surface area contributed by atoms with E-state index < -0.39 is 0 Å². The van der Waals surface area contributed by atoms with Gasteiger partial charge in [-0.05, 0) is 68.4 Å². The van der Waals surface area contributed by atoms with E-state index in [-0.39, 0.29) is 23.8 Å². The van der Waals surface area contributed by atoms with Gasteiger partial charge in [0.1, 0.15) is 5.01 Å². The summed E-state index contributed by atoms with van der Waals surface area (Å²) in [5.74, 6) is 2.25. The first-order valence-electron chi connectivity index (χ1n) is 10.4. The van der Waals surface area contributed by atoms with Crippen molar-refractivity contribution >= 4 is 33.4 Å². The molecule has 4 saturated carbocycles. The number of likely N-dealkylation sites (N-methyl/N-ethyl adjacent to an activating group) is 1. The molecule has 0 radical (unpaired) electrons. The van der Waals surface area contributed by atoms with Gasteiger partial charge in [0, 0.05) is 12.5 Å². The summed E-state index contributed by atoms with van der Waals surface area (Å²) in [6.45, 7) is 0.563. The van der Waals surface area contributed by atoms with Crippen LogP contribution in [0.4, 0.5) is 0 Å². The Morgan fingerprint density at radius 1 is 1.14 bits per heavy atom. The average molecular weight is 398 g/mol. The fourth-order valence-corrected chi connectivity index (χ4v) is 7.17. The molecule has 4 aliphatic carbocycles. The minimum Gasteiger partial charge on any atom is -0.347 e. The van der Waals surface area contributed by atoms with Crippen molar-refractivity contribution in [3.8, 4) is 0 Å². The summed E-state index contributed by atoms with van der Waals surface area (Å²) < 4.78 is 1.13. The van der Waals surface area contributed by atoms with Gasteiger partial charge in [-0.3, -0.25) is 9.59 Å². The molecule has 28 heavy (non-hydrogen) atoms. The van der Waals surface area contributed by atoms with Crippen molar-refractivity contribution in [3.63, 3.8) is 0 Å². The predicted octanol–water partition coefficient (Wildman–Crippen LogP) is 3.59. The highest BCUT2D eigenvalue weighted by Crippen LogP contribution is 2.60. The lowest BCUT2D eigenvalue weighted by Gasteiger charge is -2.55. The molecule has 4 aliphatic rings. The van der Waals surface area contributed by atoms with Crippen LogP contribution in [0, 0.1) is 23.2 Å². The Bertz CT molecular complexity index is 853. The van der Waals surface area contributed by atoms with E-state index in [4.69, 9.17) is 0 Å². The molecule has 0 atom stereocenters. The summed E-state index contributed by atoms with van der Waals surface area (Å²) in [6, 6.07) is 8.01. The molecule has 6 rings (SSSR count). The van der Waals surface area contributed by atoms with E-state index in [1.54, 1.807) is 23.3 Å². The molecule has 2 aromatic rings. The predicted molar refractivity (Wildman–Crippen MR) is 110 cm³/mol. The molecule has 4 fully saturated rings. The number of amides is 2. The summed E-state index contributed by atoms with van der Waals surface area (Å²) >= 11 is 1.61. The van der Waals surface area contributed by atoms with Crippen LogP contribution in [0.2, 0.25) is 0 Å². The van der Waals surface area contributed by atoms with E-state index in [1.165, 1.54) is 19.3 Å². The molecule has 0 saturated heterocycles. The minimum atomic E-state index is -0.194. The third-order valence-corrected chi connectivity index (χ3v) is 8.08. The van der Waals surface area contributed by atoms with Crippen molar-refractivity contribution in [1.82, 2.24) is 15.2 Å². The highest BCUT2D eigenvalue weighted by Gasteiger charge is 2.54. The molecule has 4 bridgehead atoms. The van der Waals surface area contributed by atoms with Crippen molar-refractivity contribution < 1.29 is 9.59 Å². The minimum absolute atomic E-state index is 0.0580. The van der Waals surface area contributed by atoms with Crippen molar-refractivity contribution in [1.29, 1.82) is 0 Å². The number of hydrogen-bond donors (Lipinski definition) is 1. The van der Waals surface area contributed by atoms with Gasteiger partial charge in [-0.1, -0.05) is 12.1 Å². The van der Waals surface area contributed by atoms with Gasteiger partial charge in [-0.15, -0.1) is 11.3 Å². The second-order valence-corrected chi connectivity index (χ2v) is 10.3. The molecule has 0 spiro atoms. The SMILES string of the molecule is CN(Cc1nc2ccccc2s1)C(=O)CNC(=O)C12CC3CC(CC(C3)C1)C2. The topological polar surface area (TPSA) is 62.3 Å². The van der Waals surface area contributed by atoms with E-state index >= 15 is 0 Å². The molecule has 1 N–H and O–H groups in total. The summed E-state index contributed by atoms with van der Waals surface area (Å²) in [5, 5.41) is 3.91. The Labute approximate surface area is 169 Å². The zero-order valence-corrected chi connectivity index (χ0v) is 17.1. The lowest BCUT2D eigenvalue weighted by molar-refractivity contribution is -0.147. The maximum Gasteiger partial charge on any atom is 0.242 e. The number of nitrogens with one attached hydrogen (secondary N) is 1. The smallest absolute Gasteiger partial charge is 0.242 e. The number of carbonyl (C=O) groups is 2. The summed E-state index contributed by atoms with van der Waals surface area (Å²) in [7, 11) is 1.78. The normalized spacial score (nSPS) is 30.5. The zero-order chi connectivity index (χ0) is 19.3. The second kappa shape index (κ2) is 6.83. The molecule has 1 heterocycles. The van der Waals surface area contributed by atoms with Crippen LogP contribution < -0.4 is 5.32 Å². The van der Waals surface area contributed by atoms with Gasteiger partial charge in [-0.25, -0.2) is 4.98 Å². The molecule has 1 aromatic heterocycles. The van der Waals surface area contributed by atoms with Crippen molar-refractivity contribution in [2.24, 2.45) is 23.2 Å². The number of rotatable bonds is 5. The van der Waals surface area contributed by atoms with Crippen molar-refractivity contribution in [3.05, 3.63) is 29.3 Å².